The van der Waals surface area contributed by atoms with Crippen LogP contribution in [0.4, 0.5) is 14.5 Å². The first-order chi connectivity index (χ1) is 18.9. The second-order valence-electron chi connectivity index (χ2n) is 12.0. The van der Waals surface area contributed by atoms with Crippen LogP contribution in [0.5, 0.6) is 0 Å². The Morgan fingerprint density at radius 2 is 1.55 bits per heavy atom. The van der Waals surface area contributed by atoms with Crippen LogP contribution in [0.15, 0.2) is 30.3 Å². The molecule has 1 aliphatic carbocycles. The molecule has 0 aromatic heterocycles. The maximum Gasteiger partial charge on any atom is 0.211 e. The number of hydrogen-bond acceptors (Lipinski definition) is 3. The van der Waals surface area contributed by atoms with Gasteiger partial charge in [-0.1, -0.05) is 82.6 Å². The standard InChI is InChI=1S/C17H14Cl2F2N2O.C9H17NO.C5H12/c18-13-3-9(1-2-15(13)20)11-6-22-7-12(11)10-4-16(21)14(19)5-17(10)23-8-24;11-8-10-7-3-6-9-4-1-2-5-9;1-5(2,3)4/h1-5,8,11-12,22H,6-7H2,(H,23,24);8-9H,1-7H2,(H,10,11);1-4H3/t11-,12+;;/m1../s1. The highest BCUT2D eigenvalue weighted by Crippen LogP contribution is 2.41. The van der Waals surface area contributed by atoms with Crippen LogP contribution in [0.3, 0.4) is 0 Å². The topological polar surface area (TPSA) is 70.2 Å². The third-order valence-corrected chi connectivity index (χ3v) is 7.36. The second kappa shape index (κ2) is 16.9. The van der Waals surface area contributed by atoms with Crippen LogP contribution in [-0.4, -0.2) is 32.5 Å². The van der Waals surface area contributed by atoms with Gasteiger partial charge in [-0.25, -0.2) is 8.78 Å². The number of carbonyl (C=O) groups excluding carboxylic acids is 2. The highest BCUT2D eigenvalue weighted by molar-refractivity contribution is 6.31. The second-order valence-corrected chi connectivity index (χ2v) is 12.8. The van der Waals surface area contributed by atoms with Crippen molar-refractivity contribution in [2.24, 2.45) is 11.3 Å². The molecule has 222 valence electrons. The molecule has 2 aliphatic rings. The monoisotopic (exact) mass is 597 g/mol. The minimum Gasteiger partial charge on any atom is -0.359 e. The van der Waals surface area contributed by atoms with E-state index >= 15 is 0 Å². The molecule has 2 fully saturated rings. The Morgan fingerprint density at radius 1 is 0.925 bits per heavy atom. The summed E-state index contributed by atoms with van der Waals surface area (Å²) in [5.41, 5.74) is 2.45. The van der Waals surface area contributed by atoms with Crippen molar-refractivity contribution in [2.45, 2.75) is 78.1 Å². The van der Waals surface area contributed by atoms with Crippen LogP contribution in [0.2, 0.25) is 10.0 Å². The summed E-state index contributed by atoms with van der Waals surface area (Å²) in [4.78, 5) is 20.7. The summed E-state index contributed by atoms with van der Waals surface area (Å²) in [5, 5.41) is 8.50. The van der Waals surface area contributed by atoms with E-state index in [1.165, 1.54) is 50.3 Å². The number of hydrogen-bond donors (Lipinski definition) is 3. The fourth-order valence-electron chi connectivity index (χ4n) is 5.01. The minimum absolute atomic E-state index is 0.0316. The molecule has 2 aromatic carbocycles. The fourth-order valence-corrected chi connectivity index (χ4v) is 5.36. The summed E-state index contributed by atoms with van der Waals surface area (Å²) in [7, 11) is 0. The lowest BCUT2D eigenvalue weighted by Crippen LogP contribution is -2.12. The Labute approximate surface area is 247 Å². The highest BCUT2D eigenvalue weighted by Gasteiger charge is 2.32. The van der Waals surface area contributed by atoms with Gasteiger partial charge in [0.25, 0.3) is 0 Å². The number of carbonyl (C=O) groups is 2. The van der Waals surface area contributed by atoms with Crippen molar-refractivity contribution >= 4 is 41.7 Å². The van der Waals surface area contributed by atoms with Crippen LogP contribution in [0, 0.1) is 23.0 Å². The summed E-state index contributed by atoms with van der Waals surface area (Å²) in [6, 6.07) is 7.31. The van der Waals surface area contributed by atoms with Gasteiger partial charge in [-0.05, 0) is 59.6 Å². The van der Waals surface area contributed by atoms with Crippen LogP contribution in [0.1, 0.15) is 89.2 Å². The average molecular weight is 599 g/mol. The molecule has 5 nitrogen and oxygen atoms in total. The predicted octanol–water partition coefficient (Wildman–Crippen LogP) is 8.07. The Kier molecular flexibility index (Phi) is 14.4. The van der Waals surface area contributed by atoms with E-state index in [4.69, 9.17) is 23.2 Å². The van der Waals surface area contributed by atoms with Crippen LogP contribution in [0.25, 0.3) is 0 Å². The van der Waals surface area contributed by atoms with Crippen LogP contribution >= 0.6 is 23.2 Å². The summed E-state index contributed by atoms with van der Waals surface area (Å²) >= 11 is 11.7. The molecule has 0 spiro atoms. The first-order valence-electron chi connectivity index (χ1n) is 14.0. The van der Waals surface area contributed by atoms with Crippen molar-refractivity contribution in [3.05, 3.63) is 63.1 Å². The number of nitrogens with one attached hydrogen (secondary N) is 3. The molecule has 2 aromatic rings. The Balaban J connectivity index is 0.000000290. The molecule has 0 bridgehead atoms. The van der Waals surface area contributed by atoms with Crippen molar-refractivity contribution in [2.75, 3.05) is 25.0 Å². The van der Waals surface area contributed by atoms with Crippen molar-refractivity contribution in [1.29, 1.82) is 0 Å². The van der Waals surface area contributed by atoms with Crippen molar-refractivity contribution in [3.8, 4) is 0 Å². The SMILES string of the molecule is CC(C)(C)C.O=CNCCCC1CCCC1.O=CNc1cc(Cl)c(F)cc1[C@@H]1CNC[C@@H]1c1ccc(F)c(Cl)c1. The lowest BCUT2D eigenvalue weighted by atomic mass is 9.83. The zero-order valence-corrected chi connectivity index (χ0v) is 25.5. The average Bonchev–Trinajstić information content (AvgIpc) is 3.58. The third kappa shape index (κ3) is 11.7. The lowest BCUT2D eigenvalue weighted by Gasteiger charge is -2.22. The predicted molar refractivity (Wildman–Crippen MR) is 161 cm³/mol. The van der Waals surface area contributed by atoms with E-state index < -0.39 is 11.6 Å². The first-order valence-corrected chi connectivity index (χ1v) is 14.7. The Morgan fingerprint density at radius 3 is 2.15 bits per heavy atom. The number of anilines is 1. The van der Waals surface area contributed by atoms with Gasteiger partial charge in [-0.2, -0.15) is 0 Å². The number of halogens is 4. The van der Waals surface area contributed by atoms with E-state index in [0.717, 1.165) is 30.9 Å². The molecule has 1 saturated carbocycles. The van der Waals surface area contributed by atoms with Gasteiger partial charge in [-0.15, -0.1) is 0 Å². The molecule has 40 heavy (non-hydrogen) atoms. The van der Waals surface area contributed by atoms with Gasteiger partial charge in [0.2, 0.25) is 12.8 Å². The summed E-state index contributed by atoms with van der Waals surface area (Å²) in [5.74, 6) is -0.213. The van der Waals surface area contributed by atoms with Gasteiger partial charge < -0.3 is 16.0 Å². The first kappa shape index (κ1) is 34.0. The zero-order chi connectivity index (χ0) is 29.7. The molecule has 9 heteroatoms. The number of amides is 2. The van der Waals surface area contributed by atoms with E-state index in [0.29, 0.717) is 36.2 Å². The molecular formula is C31H43Cl2F2N3O2. The fraction of sp³-hybridized carbons (Fsp3) is 0.548. The molecule has 0 radical (unpaired) electrons. The molecule has 1 saturated heterocycles. The molecule has 4 rings (SSSR count). The largest absolute Gasteiger partial charge is 0.359 e. The summed E-state index contributed by atoms with van der Waals surface area (Å²) in [6.07, 6.45) is 9.46. The van der Waals surface area contributed by atoms with E-state index in [9.17, 15) is 18.4 Å². The highest BCUT2D eigenvalue weighted by atomic mass is 35.5. The molecule has 3 N–H and O–H groups in total. The molecule has 0 unspecified atom stereocenters. The maximum absolute atomic E-state index is 14.0. The van der Waals surface area contributed by atoms with Gasteiger partial charge in [0.05, 0.1) is 10.0 Å². The Bertz CT molecular complexity index is 1080. The number of benzene rings is 2. The summed E-state index contributed by atoms with van der Waals surface area (Å²) < 4.78 is 27.4. The van der Waals surface area contributed by atoms with Gasteiger partial charge in [-0.3, -0.25) is 9.59 Å². The van der Waals surface area contributed by atoms with Gasteiger partial charge in [0.15, 0.2) is 0 Å². The molecule has 1 heterocycles. The van der Waals surface area contributed by atoms with Crippen molar-refractivity contribution in [1.82, 2.24) is 10.6 Å². The zero-order valence-electron chi connectivity index (χ0n) is 24.0. The van der Waals surface area contributed by atoms with Crippen LogP contribution < -0.4 is 16.0 Å². The lowest BCUT2D eigenvalue weighted by molar-refractivity contribution is -0.109. The molecule has 2 atom stereocenters. The van der Waals surface area contributed by atoms with E-state index in [-0.39, 0.29) is 21.9 Å². The maximum atomic E-state index is 14.0. The van der Waals surface area contributed by atoms with Crippen molar-refractivity contribution < 1.29 is 18.4 Å². The normalized spacial score (nSPS) is 18.7. The van der Waals surface area contributed by atoms with Gasteiger partial charge >= 0.3 is 0 Å². The van der Waals surface area contributed by atoms with E-state index in [1.807, 2.05) is 0 Å². The molecule has 1 aliphatic heterocycles. The van der Waals surface area contributed by atoms with E-state index in [2.05, 4.69) is 43.6 Å². The van der Waals surface area contributed by atoms with Gasteiger partial charge in [0, 0.05) is 37.2 Å². The van der Waals surface area contributed by atoms with Crippen LogP contribution in [-0.2, 0) is 9.59 Å². The number of rotatable bonds is 9. The Hall–Kier alpha value is -2.22. The van der Waals surface area contributed by atoms with Crippen molar-refractivity contribution in [3.63, 3.8) is 0 Å². The molecule has 2 amide bonds. The van der Waals surface area contributed by atoms with Gasteiger partial charge in [0.1, 0.15) is 11.6 Å². The summed E-state index contributed by atoms with van der Waals surface area (Å²) in [6.45, 7) is 10.8. The van der Waals surface area contributed by atoms with E-state index in [1.54, 1.807) is 12.1 Å². The smallest absolute Gasteiger partial charge is 0.211 e. The molecular weight excluding hydrogens is 555 g/mol. The quantitative estimate of drug-likeness (QED) is 0.202. The minimum atomic E-state index is -0.550. The third-order valence-electron chi connectivity index (χ3n) is 6.78.